The Hall–Kier alpha value is -2.95. The summed E-state index contributed by atoms with van der Waals surface area (Å²) in [5.74, 6) is 1.22. The van der Waals surface area contributed by atoms with Gasteiger partial charge in [-0.25, -0.2) is 0 Å². The lowest BCUT2D eigenvalue weighted by Crippen LogP contribution is -2.39. The van der Waals surface area contributed by atoms with E-state index in [0.717, 1.165) is 24.9 Å². The summed E-state index contributed by atoms with van der Waals surface area (Å²) in [6, 6.07) is 16.3. The maximum atomic E-state index is 12.2. The summed E-state index contributed by atoms with van der Waals surface area (Å²) in [6.07, 6.45) is 5.58. The van der Waals surface area contributed by atoms with Crippen molar-refractivity contribution in [1.82, 2.24) is 5.32 Å². The van der Waals surface area contributed by atoms with E-state index >= 15 is 0 Å². The van der Waals surface area contributed by atoms with E-state index in [9.17, 15) is 4.79 Å². The van der Waals surface area contributed by atoms with Crippen LogP contribution in [0.25, 0.3) is 6.08 Å². The largest absolute Gasteiger partial charge is 0.493 e. The zero-order valence-corrected chi connectivity index (χ0v) is 15.9. The zero-order valence-electron chi connectivity index (χ0n) is 15.9. The highest BCUT2D eigenvalue weighted by Crippen LogP contribution is 2.28. The van der Waals surface area contributed by atoms with Crippen molar-refractivity contribution < 1.29 is 14.3 Å². The van der Waals surface area contributed by atoms with Gasteiger partial charge in [-0.1, -0.05) is 24.3 Å². The Labute approximate surface area is 160 Å². The molecule has 1 aliphatic heterocycles. The van der Waals surface area contributed by atoms with Gasteiger partial charge in [-0.2, -0.15) is 0 Å². The molecule has 0 bridgehead atoms. The number of amides is 1. The van der Waals surface area contributed by atoms with E-state index in [0.29, 0.717) is 24.1 Å². The van der Waals surface area contributed by atoms with Gasteiger partial charge in [0.25, 0.3) is 0 Å². The van der Waals surface area contributed by atoms with Crippen molar-refractivity contribution in [1.29, 1.82) is 0 Å². The number of hydrogen-bond donors (Lipinski definition) is 1. The molecule has 1 unspecified atom stereocenters. The third kappa shape index (κ3) is 4.82. The van der Waals surface area contributed by atoms with Gasteiger partial charge in [0.2, 0.25) is 5.91 Å². The van der Waals surface area contributed by atoms with Gasteiger partial charge >= 0.3 is 0 Å². The van der Waals surface area contributed by atoms with Crippen LogP contribution in [-0.4, -0.2) is 39.3 Å². The summed E-state index contributed by atoms with van der Waals surface area (Å²) >= 11 is 0. The van der Waals surface area contributed by atoms with Gasteiger partial charge in [-0.15, -0.1) is 0 Å². The molecule has 0 saturated carbocycles. The van der Waals surface area contributed by atoms with Crippen LogP contribution in [0.15, 0.2) is 54.6 Å². The van der Waals surface area contributed by atoms with Crippen LogP contribution < -0.4 is 19.7 Å². The lowest BCUT2D eigenvalue weighted by molar-refractivity contribution is -0.116. The zero-order chi connectivity index (χ0) is 19.1. The van der Waals surface area contributed by atoms with Crippen LogP contribution in [0.4, 0.5) is 5.69 Å². The maximum Gasteiger partial charge on any atom is 0.244 e. The van der Waals surface area contributed by atoms with E-state index in [4.69, 9.17) is 9.47 Å². The molecule has 1 amide bonds. The monoisotopic (exact) mass is 366 g/mol. The smallest absolute Gasteiger partial charge is 0.244 e. The van der Waals surface area contributed by atoms with E-state index in [1.54, 1.807) is 26.4 Å². The average Bonchev–Trinajstić information content (AvgIpc) is 3.19. The van der Waals surface area contributed by atoms with Crippen molar-refractivity contribution in [3.8, 4) is 11.5 Å². The quantitative estimate of drug-likeness (QED) is 0.762. The second-order valence-electron chi connectivity index (χ2n) is 6.52. The number of ether oxygens (including phenoxy) is 2. The summed E-state index contributed by atoms with van der Waals surface area (Å²) in [5, 5.41) is 3.02. The molecule has 5 nitrogen and oxygen atoms in total. The number of anilines is 1. The van der Waals surface area contributed by atoms with Crippen LogP contribution >= 0.6 is 0 Å². The minimum Gasteiger partial charge on any atom is -0.493 e. The molecule has 1 heterocycles. The molecular formula is C22H26N2O3. The molecule has 0 aliphatic carbocycles. The second-order valence-corrected chi connectivity index (χ2v) is 6.52. The molecule has 0 aromatic heterocycles. The van der Waals surface area contributed by atoms with Crippen LogP contribution in [0.2, 0.25) is 0 Å². The Morgan fingerprint density at radius 2 is 1.93 bits per heavy atom. The first kappa shape index (κ1) is 18.8. The van der Waals surface area contributed by atoms with Crippen molar-refractivity contribution >= 4 is 17.7 Å². The van der Waals surface area contributed by atoms with Crippen LogP contribution in [0.5, 0.6) is 11.5 Å². The molecule has 0 spiro atoms. The summed E-state index contributed by atoms with van der Waals surface area (Å²) in [6.45, 7) is 1.68. The Morgan fingerprint density at radius 3 is 2.67 bits per heavy atom. The summed E-state index contributed by atoms with van der Waals surface area (Å²) < 4.78 is 10.5. The predicted molar refractivity (Wildman–Crippen MR) is 108 cm³/mol. The fraction of sp³-hybridized carbons (Fsp3) is 0.318. The van der Waals surface area contributed by atoms with Crippen molar-refractivity contribution in [2.75, 3.05) is 32.2 Å². The lowest BCUT2D eigenvalue weighted by atomic mass is 10.2. The van der Waals surface area contributed by atoms with Crippen LogP contribution in [0.3, 0.4) is 0 Å². The fourth-order valence-corrected chi connectivity index (χ4v) is 3.41. The molecule has 1 saturated heterocycles. The first-order valence-corrected chi connectivity index (χ1v) is 9.21. The fourth-order valence-electron chi connectivity index (χ4n) is 3.41. The molecule has 2 aromatic carbocycles. The number of nitrogens with zero attached hydrogens (tertiary/aromatic N) is 1. The SMILES string of the molecule is COc1ccc(/C=C/C(=O)NCC2CCCN2c2ccccc2)cc1OC. The molecule has 1 atom stereocenters. The van der Waals surface area contributed by atoms with Crippen molar-refractivity contribution in [2.45, 2.75) is 18.9 Å². The van der Waals surface area contributed by atoms with E-state index in [2.05, 4.69) is 34.5 Å². The summed E-state index contributed by atoms with van der Waals surface area (Å²) in [5.41, 5.74) is 2.10. The Bertz CT molecular complexity index is 789. The highest BCUT2D eigenvalue weighted by molar-refractivity contribution is 5.91. The molecular weight excluding hydrogens is 340 g/mol. The normalized spacial score (nSPS) is 16.5. The van der Waals surface area contributed by atoms with Crippen LogP contribution in [0.1, 0.15) is 18.4 Å². The highest BCUT2D eigenvalue weighted by atomic mass is 16.5. The Morgan fingerprint density at radius 1 is 1.15 bits per heavy atom. The van der Waals surface area contributed by atoms with E-state index in [1.807, 2.05) is 24.3 Å². The van der Waals surface area contributed by atoms with Gasteiger partial charge in [-0.05, 0) is 48.7 Å². The summed E-state index contributed by atoms with van der Waals surface area (Å²) in [4.78, 5) is 14.6. The van der Waals surface area contributed by atoms with Gasteiger partial charge in [0, 0.05) is 30.9 Å². The van der Waals surface area contributed by atoms with Crippen LogP contribution in [0, 0.1) is 0 Å². The second kappa shape index (κ2) is 9.12. The standard InChI is InChI=1S/C22H26N2O3/c1-26-20-12-10-17(15-21(20)27-2)11-13-22(25)23-16-19-9-6-14-24(19)18-7-4-3-5-8-18/h3-5,7-8,10-13,15,19H,6,9,14,16H2,1-2H3,(H,23,25)/b13-11+. The first-order valence-electron chi connectivity index (χ1n) is 9.21. The predicted octanol–water partition coefficient (Wildman–Crippen LogP) is 3.50. The molecule has 0 radical (unpaired) electrons. The highest BCUT2D eigenvalue weighted by Gasteiger charge is 2.24. The maximum absolute atomic E-state index is 12.2. The van der Waals surface area contributed by atoms with Gasteiger partial charge in [0.15, 0.2) is 11.5 Å². The number of hydrogen-bond acceptors (Lipinski definition) is 4. The molecule has 2 aromatic rings. The molecule has 1 aliphatic rings. The van der Waals surface area contributed by atoms with Crippen molar-refractivity contribution in [2.24, 2.45) is 0 Å². The number of rotatable bonds is 7. The Kier molecular flexibility index (Phi) is 6.36. The first-order chi connectivity index (χ1) is 13.2. The van der Waals surface area contributed by atoms with Crippen LogP contribution in [-0.2, 0) is 4.79 Å². The van der Waals surface area contributed by atoms with Gasteiger partial charge in [0.05, 0.1) is 14.2 Å². The van der Waals surface area contributed by atoms with Crippen molar-refractivity contribution in [3.63, 3.8) is 0 Å². The molecule has 5 heteroatoms. The summed E-state index contributed by atoms with van der Waals surface area (Å²) in [7, 11) is 3.20. The third-order valence-electron chi connectivity index (χ3n) is 4.81. The molecule has 3 rings (SSSR count). The lowest BCUT2D eigenvalue weighted by Gasteiger charge is -2.26. The minimum atomic E-state index is -0.0929. The van der Waals surface area contributed by atoms with Crippen molar-refractivity contribution in [3.05, 3.63) is 60.2 Å². The number of nitrogens with one attached hydrogen (secondary N) is 1. The third-order valence-corrected chi connectivity index (χ3v) is 4.81. The molecule has 27 heavy (non-hydrogen) atoms. The van der Waals surface area contributed by atoms with Gasteiger partial charge in [0.1, 0.15) is 0 Å². The van der Waals surface area contributed by atoms with E-state index in [1.165, 1.54) is 5.69 Å². The number of carbonyl (C=O) groups excluding carboxylic acids is 1. The number of methoxy groups -OCH3 is 2. The Balaban J connectivity index is 1.56. The molecule has 1 N–H and O–H groups in total. The average molecular weight is 366 g/mol. The molecule has 1 fully saturated rings. The van der Waals surface area contributed by atoms with Gasteiger partial charge in [-0.3, -0.25) is 4.79 Å². The minimum absolute atomic E-state index is 0.0929. The number of benzene rings is 2. The van der Waals surface area contributed by atoms with E-state index in [-0.39, 0.29) is 5.91 Å². The number of para-hydroxylation sites is 1. The number of carbonyl (C=O) groups is 1. The topological polar surface area (TPSA) is 50.8 Å². The van der Waals surface area contributed by atoms with E-state index < -0.39 is 0 Å². The van der Waals surface area contributed by atoms with Gasteiger partial charge < -0.3 is 19.7 Å². The molecule has 142 valence electrons.